The summed E-state index contributed by atoms with van der Waals surface area (Å²) >= 11 is 0.953. The molecule has 0 aliphatic rings. The van der Waals surface area contributed by atoms with Crippen LogP contribution >= 0.6 is 12.1 Å². The number of hydrogen-bond donors (Lipinski definition) is 3. The number of hydrogen-bond acceptors (Lipinski definition) is 6. The molecule has 0 aliphatic carbocycles. The predicted molar refractivity (Wildman–Crippen MR) is 67.5 cm³/mol. The lowest BCUT2D eigenvalue weighted by molar-refractivity contribution is 0.596. The van der Waals surface area contributed by atoms with Gasteiger partial charge in [-0.25, -0.2) is 8.42 Å². The van der Waals surface area contributed by atoms with Crippen LogP contribution in [0.15, 0.2) is 23.1 Å². The highest BCUT2D eigenvalue weighted by Gasteiger charge is 2.15. The second-order valence-electron chi connectivity index (χ2n) is 3.15. The van der Waals surface area contributed by atoms with E-state index < -0.39 is 9.84 Å². The Hall–Kier alpha value is -0.760. The van der Waals surface area contributed by atoms with Gasteiger partial charge in [0.1, 0.15) is 0 Å². The fourth-order valence-electron chi connectivity index (χ4n) is 1.33. The molecular formula is C9H15N3O2S2. The first-order chi connectivity index (χ1) is 7.55. The van der Waals surface area contributed by atoms with E-state index in [-0.39, 0.29) is 12.3 Å². The average Bonchev–Trinajstić information content (AvgIpc) is 2.29. The lowest BCUT2D eigenvalue weighted by atomic mass is 10.2. The van der Waals surface area contributed by atoms with Gasteiger partial charge < -0.3 is 10.5 Å². The minimum Gasteiger partial charge on any atom is -0.326 e. The molecule has 16 heavy (non-hydrogen) atoms. The summed E-state index contributed by atoms with van der Waals surface area (Å²) in [5.41, 5.74) is 6.87. The molecule has 0 amide bonds. The van der Waals surface area contributed by atoms with E-state index in [4.69, 9.17) is 10.9 Å². The molecule has 5 nitrogen and oxygen atoms in total. The van der Waals surface area contributed by atoms with Crippen LogP contribution in [0.2, 0.25) is 0 Å². The summed E-state index contributed by atoms with van der Waals surface area (Å²) in [5, 5.41) is 5.26. The topological polar surface area (TPSA) is 98.2 Å². The Balaban J connectivity index is 3.22. The van der Waals surface area contributed by atoms with Crippen LogP contribution < -0.4 is 15.6 Å². The third-order valence-corrected chi connectivity index (χ3v) is 4.35. The summed E-state index contributed by atoms with van der Waals surface area (Å²) < 4.78 is 26.3. The van der Waals surface area contributed by atoms with Gasteiger partial charge >= 0.3 is 0 Å². The summed E-state index contributed by atoms with van der Waals surface area (Å²) in [4.78, 5) is 0.296. The van der Waals surface area contributed by atoms with E-state index in [0.717, 1.165) is 17.8 Å². The Kier molecular flexibility index (Phi) is 4.60. The van der Waals surface area contributed by atoms with E-state index >= 15 is 0 Å². The SMILES string of the molecule is CCS(=O)(=O)c1ccc(NSN)cc1CN. The number of nitrogens with one attached hydrogen (secondary N) is 1. The Morgan fingerprint density at radius 3 is 2.62 bits per heavy atom. The van der Waals surface area contributed by atoms with Gasteiger partial charge in [0.15, 0.2) is 9.84 Å². The number of anilines is 1. The van der Waals surface area contributed by atoms with Crippen molar-refractivity contribution in [2.45, 2.75) is 18.4 Å². The van der Waals surface area contributed by atoms with E-state index in [1.807, 2.05) is 0 Å². The van der Waals surface area contributed by atoms with Crippen LogP contribution in [-0.4, -0.2) is 14.2 Å². The lowest BCUT2D eigenvalue weighted by Gasteiger charge is -2.10. The summed E-state index contributed by atoms with van der Waals surface area (Å²) in [6, 6.07) is 4.92. The molecule has 0 aliphatic heterocycles. The fraction of sp³-hybridized carbons (Fsp3) is 0.333. The zero-order valence-electron chi connectivity index (χ0n) is 8.93. The van der Waals surface area contributed by atoms with Crippen LogP contribution in [0.3, 0.4) is 0 Å². The molecule has 0 saturated heterocycles. The molecule has 0 radical (unpaired) electrons. The zero-order chi connectivity index (χ0) is 12.2. The second kappa shape index (κ2) is 5.53. The number of rotatable bonds is 5. The van der Waals surface area contributed by atoms with E-state index in [9.17, 15) is 8.42 Å². The van der Waals surface area contributed by atoms with Gasteiger partial charge in [0.05, 0.1) is 10.6 Å². The molecule has 0 spiro atoms. The molecule has 0 bridgehead atoms. The van der Waals surface area contributed by atoms with Crippen molar-refractivity contribution < 1.29 is 8.42 Å². The van der Waals surface area contributed by atoms with E-state index in [1.54, 1.807) is 25.1 Å². The first kappa shape index (κ1) is 13.3. The third kappa shape index (κ3) is 2.88. The van der Waals surface area contributed by atoms with Crippen molar-refractivity contribution in [2.24, 2.45) is 10.9 Å². The second-order valence-corrected chi connectivity index (χ2v) is 5.84. The van der Waals surface area contributed by atoms with Crippen LogP contribution in [0.5, 0.6) is 0 Å². The first-order valence-electron chi connectivity index (χ1n) is 4.72. The Bertz CT molecular complexity index is 460. The summed E-state index contributed by atoms with van der Waals surface area (Å²) in [7, 11) is -3.22. The zero-order valence-corrected chi connectivity index (χ0v) is 10.6. The van der Waals surface area contributed by atoms with Crippen LogP contribution in [0.25, 0.3) is 0 Å². The normalized spacial score (nSPS) is 11.4. The fourth-order valence-corrected chi connectivity index (χ4v) is 2.72. The quantitative estimate of drug-likeness (QED) is 0.680. The minimum absolute atomic E-state index is 0.0679. The highest BCUT2D eigenvalue weighted by Crippen LogP contribution is 2.22. The molecule has 1 rings (SSSR count). The highest BCUT2D eigenvalue weighted by atomic mass is 32.2. The highest BCUT2D eigenvalue weighted by molar-refractivity contribution is 7.98. The summed E-state index contributed by atoms with van der Waals surface area (Å²) in [6.45, 7) is 1.79. The molecule has 0 aromatic heterocycles. The summed E-state index contributed by atoms with van der Waals surface area (Å²) in [6.07, 6.45) is 0. The Morgan fingerprint density at radius 1 is 1.44 bits per heavy atom. The van der Waals surface area contributed by atoms with Gasteiger partial charge in [-0.1, -0.05) is 6.92 Å². The lowest BCUT2D eigenvalue weighted by Crippen LogP contribution is -2.10. The minimum atomic E-state index is -3.22. The molecule has 90 valence electrons. The van der Waals surface area contributed by atoms with Crippen molar-refractivity contribution in [2.75, 3.05) is 10.5 Å². The van der Waals surface area contributed by atoms with Crippen molar-refractivity contribution in [3.63, 3.8) is 0 Å². The monoisotopic (exact) mass is 261 g/mol. The molecule has 0 fully saturated rings. The van der Waals surface area contributed by atoms with E-state index in [2.05, 4.69) is 4.72 Å². The standard InChI is InChI=1S/C9H15N3O2S2/c1-2-16(13,14)9-4-3-8(12-15-11)5-7(9)6-10/h3-5,12H,2,6,10-11H2,1H3. The van der Waals surface area contributed by atoms with Gasteiger partial charge in [-0.2, -0.15) is 0 Å². The van der Waals surface area contributed by atoms with Crippen molar-refractivity contribution in [3.8, 4) is 0 Å². The van der Waals surface area contributed by atoms with E-state index in [1.165, 1.54) is 0 Å². The van der Waals surface area contributed by atoms with Crippen molar-refractivity contribution >= 4 is 27.7 Å². The molecular weight excluding hydrogens is 246 g/mol. The number of nitrogens with two attached hydrogens (primary N) is 2. The van der Waals surface area contributed by atoms with Gasteiger partial charge in [-0.3, -0.25) is 5.14 Å². The van der Waals surface area contributed by atoms with Crippen molar-refractivity contribution in [1.29, 1.82) is 0 Å². The van der Waals surface area contributed by atoms with Crippen LogP contribution in [0, 0.1) is 0 Å². The third-order valence-electron chi connectivity index (χ3n) is 2.17. The molecule has 1 aromatic carbocycles. The van der Waals surface area contributed by atoms with Gasteiger partial charge in [0.25, 0.3) is 0 Å². The van der Waals surface area contributed by atoms with Gasteiger partial charge in [-0.05, 0) is 23.8 Å². The number of sulfone groups is 1. The Morgan fingerprint density at radius 2 is 2.12 bits per heavy atom. The van der Waals surface area contributed by atoms with Gasteiger partial charge in [0, 0.05) is 24.4 Å². The average molecular weight is 261 g/mol. The molecule has 7 heteroatoms. The van der Waals surface area contributed by atoms with Crippen LogP contribution in [-0.2, 0) is 16.4 Å². The molecule has 0 heterocycles. The van der Waals surface area contributed by atoms with Crippen LogP contribution in [0.1, 0.15) is 12.5 Å². The maximum Gasteiger partial charge on any atom is 0.178 e. The first-order valence-corrected chi connectivity index (χ1v) is 7.25. The van der Waals surface area contributed by atoms with Crippen molar-refractivity contribution in [1.82, 2.24) is 0 Å². The molecule has 0 unspecified atom stereocenters. The maximum atomic E-state index is 11.7. The largest absolute Gasteiger partial charge is 0.326 e. The van der Waals surface area contributed by atoms with Gasteiger partial charge in [-0.15, -0.1) is 0 Å². The van der Waals surface area contributed by atoms with Crippen molar-refractivity contribution in [3.05, 3.63) is 23.8 Å². The van der Waals surface area contributed by atoms with Crippen LogP contribution in [0.4, 0.5) is 5.69 Å². The maximum absolute atomic E-state index is 11.7. The molecule has 0 saturated carbocycles. The number of benzene rings is 1. The smallest absolute Gasteiger partial charge is 0.178 e. The summed E-state index contributed by atoms with van der Waals surface area (Å²) in [5.74, 6) is 0.0679. The molecule has 0 atom stereocenters. The van der Waals surface area contributed by atoms with E-state index in [0.29, 0.717) is 10.5 Å². The van der Waals surface area contributed by atoms with Gasteiger partial charge in [0.2, 0.25) is 0 Å². The molecule has 5 N–H and O–H groups in total. The Labute approximate surface area is 99.8 Å². The predicted octanol–water partition coefficient (Wildman–Crippen LogP) is 0.873. The molecule has 1 aromatic rings.